The van der Waals surface area contributed by atoms with E-state index in [2.05, 4.69) is 60.8 Å². The molecule has 1 fully saturated rings. The molecular weight excluding hydrogens is 386 g/mol. The zero-order valence-corrected chi connectivity index (χ0v) is 19.1. The van der Waals surface area contributed by atoms with Gasteiger partial charge in [0.25, 0.3) is 6.01 Å². The minimum absolute atomic E-state index is 0.486. The zero-order chi connectivity index (χ0) is 22.1. The highest BCUT2D eigenvalue weighted by molar-refractivity contribution is 6.02. The van der Waals surface area contributed by atoms with Gasteiger partial charge in [-0.15, -0.1) is 0 Å². The first-order valence-electron chi connectivity index (χ1n) is 11.1. The van der Waals surface area contributed by atoms with Gasteiger partial charge in [0.05, 0.1) is 11.3 Å². The van der Waals surface area contributed by atoms with E-state index in [0.29, 0.717) is 23.1 Å². The summed E-state index contributed by atoms with van der Waals surface area (Å²) in [6, 6.07) is 13.8. The number of rotatable bonds is 6. The lowest BCUT2D eigenvalue weighted by Crippen LogP contribution is -2.31. The van der Waals surface area contributed by atoms with Gasteiger partial charge in [-0.3, -0.25) is 0 Å². The summed E-state index contributed by atoms with van der Waals surface area (Å²) >= 11 is 0. The average Bonchev–Trinajstić information content (AvgIpc) is 3.42. The van der Waals surface area contributed by atoms with Crippen molar-refractivity contribution >= 4 is 22.8 Å². The van der Waals surface area contributed by atoms with Crippen LogP contribution in [0.1, 0.15) is 31.4 Å². The average molecular weight is 418 g/mol. The Morgan fingerprint density at radius 1 is 1.19 bits per heavy atom. The van der Waals surface area contributed by atoms with Crippen LogP contribution in [0.5, 0.6) is 0 Å². The van der Waals surface area contributed by atoms with Crippen LogP contribution in [-0.2, 0) is 0 Å². The zero-order valence-electron chi connectivity index (χ0n) is 19.1. The second-order valence-electron chi connectivity index (χ2n) is 8.40. The van der Waals surface area contributed by atoms with Crippen molar-refractivity contribution in [2.45, 2.75) is 33.2 Å². The number of nitrogens with zero attached hydrogens (tertiary/aromatic N) is 5. The number of likely N-dealkylation sites (N-methyl/N-ethyl adjacent to an activating group) is 1. The molecule has 4 rings (SSSR count). The second-order valence-corrected chi connectivity index (χ2v) is 8.40. The number of nitriles is 1. The van der Waals surface area contributed by atoms with E-state index in [4.69, 9.17) is 9.40 Å². The van der Waals surface area contributed by atoms with Crippen molar-refractivity contribution in [2.75, 3.05) is 50.1 Å². The summed E-state index contributed by atoms with van der Waals surface area (Å²) in [4.78, 5) is 11.6. The molecule has 2 heterocycles. The minimum atomic E-state index is 0.486. The summed E-state index contributed by atoms with van der Waals surface area (Å²) in [5.74, 6) is 0. The van der Waals surface area contributed by atoms with E-state index in [1.807, 2.05) is 25.1 Å². The second kappa shape index (κ2) is 8.60. The van der Waals surface area contributed by atoms with Crippen molar-refractivity contribution in [1.29, 1.82) is 5.26 Å². The van der Waals surface area contributed by atoms with Crippen LogP contribution in [0.2, 0.25) is 0 Å². The quantitative estimate of drug-likeness (QED) is 0.581. The molecule has 6 nitrogen and oxygen atoms in total. The summed E-state index contributed by atoms with van der Waals surface area (Å²) in [6.07, 6.45) is 1.10. The van der Waals surface area contributed by atoms with Gasteiger partial charge < -0.3 is 19.1 Å². The van der Waals surface area contributed by atoms with Crippen molar-refractivity contribution < 1.29 is 4.42 Å². The van der Waals surface area contributed by atoms with E-state index < -0.39 is 0 Å². The topological polar surface area (TPSA) is 59.5 Å². The van der Waals surface area contributed by atoms with Crippen LogP contribution in [-0.4, -0.2) is 56.2 Å². The maximum Gasteiger partial charge on any atom is 0.298 e. The Kier molecular flexibility index (Phi) is 5.88. The number of fused-ring (bicyclic) bond motifs is 1. The van der Waals surface area contributed by atoms with Gasteiger partial charge in [-0.25, -0.2) is 0 Å². The third-order valence-electron chi connectivity index (χ3n) is 6.47. The molecule has 31 heavy (non-hydrogen) atoms. The fourth-order valence-electron chi connectivity index (χ4n) is 4.62. The molecule has 0 bridgehead atoms. The van der Waals surface area contributed by atoms with Gasteiger partial charge in [0, 0.05) is 37.8 Å². The van der Waals surface area contributed by atoms with Crippen molar-refractivity contribution in [3.05, 3.63) is 41.5 Å². The molecule has 0 aliphatic carbocycles. The predicted octanol–water partition coefficient (Wildman–Crippen LogP) is 4.66. The first kappa shape index (κ1) is 21.2. The predicted molar refractivity (Wildman–Crippen MR) is 127 cm³/mol. The third kappa shape index (κ3) is 3.64. The van der Waals surface area contributed by atoms with Crippen molar-refractivity contribution in [3.8, 4) is 17.2 Å². The largest absolute Gasteiger partial charge is 0.421 e. The molecule has 3 aromatic rings. The Labute approximate surface area is 184 Å². The van der Waals surface area contributed by atoms with Crippen molar-refractivity contribution in [3.63, 3.8) is 0 Å². The lowest BCUT2D eigenvalue weighted by atomic mass is 9.93. The summed E-state index contributed by atoms with van der Waals surface area (Å²) in [5, 5.41) is 10.1. The molecule has 0 N–H and O–H groups in total. The molecule has 1 saturated heterocycles. The number of anilines is 2. The van der Waals surface area contributed by atoms with Crippen LogP contribution in [0.15, 0.2) is 34.7 Å². The van der Waals surface area contributed by atoms with Gasteiger partial charge in [-0.2, -0.15) is 10.2 Å². The molecule has 0 spiro atoms. The molecule has 0 amide bonds. The molecule has 0 saturated carbocycles. The van der Waals surface area contributed by atoms with Gasteiger partial charge in [0.2, 0.25) is 0 Å². The maximum absolute atomic E-state index is 10.1. The molecule has 1 aliphatic rings. The fourth-order valence-corrected chi connectivity index (χ4v) is 4.62. The van der Waals surface area contributed by atoms with Crippen LogP contribution < -0.4 is 9.80 Å². The van der Waals surface area contributed by atoms with Crippen molar-refractivity contribution in [1.82, 2.24) is 9.88 Å². The Hall–Kier alpha value is -3.04. The fraction of sp³-hybridized carbons (Fsp3) is 0.440. The Balaban J connectivity index is 2.02. The number of oxazole rings is 1. The van der Waals surface area contributed by atoms with Gasteiger partial charge in [0.15, 0.2) is 5.58 Å². The van der Waals surface area contributed by atoms with Gasteiger partial charge in [0.1, 0.15) is 11.6 Å². The number of hydrogen-bond donors (Lipinski definition) is 0. The molecule has 1 aromatic heterocycles. The SMILES string of the molecule is CCN(CC)c1nc2c(C#N)c(C)c(-c3ccccc3)c(N3CCC(N(C)C)C3)c2o1. The lowest BCUT2D eigenvalue weighted by Gasteiger charge is -2.25. The molecule has 6 heteroatoms. The van der Waals surface area contributed by atoms with E-state index in [9.17, 15) is 5.26 Å². The van der Waals surface area contributed by atoms with Crippen LogP contribution >= 0.6 is 0 Å². The van der Waals surface area contributed by atoms with E-state index in [1.54, 1.807) is 0 Å². The summed E-state index contributed by atoms with van der Waals surface area (Å²) in [5.41, 5.74) is 6.20. The highest BCUT2D eigenvalue weighted by Crippen LogP contribution is 2.44. The van der Waals surface area contributed by atoms with Crippen LogP contribution in [0, 0.1) is 18.3 Å². The summed E-state index contributed by atoms with van der Waals surface area (Å²) in [6.45, 7) is 9.70. The van der Waals surface area contributed by atoms with E-state index in [0.717, 1.165) is 60.6 Å². The van der Waals surface area contributed by atoms with Crippen LogP contribution in [0.4, 0.5) is 11.7 Å². The van der Waals surface area contributed by atoms with Gasteiger partial charge in [-0.05, 0) is 52.4 Å². The number of hydrogen-bond acceptors (Lipinski definition) is 6. The number of aromatic nitrogens is 1. The Morgan fingerprint density at radius 2 is 1.90 bits per heavy atom. The molecule has 1 atom stereocenters. The van der Waals surface area contributed by atoms with Crippen LogP contribution in [0.3, 0.4) is 0 Å². The van der Waals surface area contributed by atoms with Crippen molar-refractivity contribution in [2.24, 2.45) is 0 Å². The number of benzene rings is 2. The third-order valence-corrected chi connectivity index (χ3v) is 6.47. The van der Waals surface area contributed by atoms with Crippen LogP contribution in [0.25, 0.3) is 22.2 Å². The standard InChI is InChI=1S/C25H31N5O/c1-6-29(7-2)25-27-22-20(15-26)17(3)21(18-11-9-8-10-12-18)23(24(22)31-25)30-14-13-19(16-30)28(4)5/h8-12,19H,6-7,13-14,16H2,1-5H3. The smallest absolute Gasteiger partial charge is 0.298 e. The first-order chi connectivity index (χ1) is 15.0. The van der Waals surface area contributed by atoms with E-state index in [1.165, 1.54) is 0 Å². The normalized spacial score (nSPS) is 16.3. The highest BCUT2D eigenvalue weighted by Gasteiger charge is 2.32. The molecule has 2 aromatic carbocycles. The molecule has 1 aliphatic heterocycles. The molecule has 0 radical (unpaired) electrons. The summed E-state index contributed by atoms with van der Waals surface area (Å²) in [7, 11) is 4.28. The van der Waals surface area contributed by atoms with Gasteiger partial charge in [-0.1, -0.05) is 30.3 Å². The molecule has 162 valence electrons. The maximum atomic E-state index is 10.1. The van der Waals surface area contributed by atoms with E-state index in [-0.39, 0.29) is 0 Å². The molecular formula is C25H31N5O. The summed E-state index contributed by atoms with van der Waals surface area (Å²) < 4.78 is 6.42. The lowest BCUT2D eigenvalue weighted by molar-refractivity contribution is 0.315. The Morgan fingerprint density at radius 3 is 2.48 bits per heavy atom. The minimum Gasteiger partial charge on any atom is -0.421 e. The monoisotopic (exact) mass is 417 g/mol. The van der Waals surface area contributed by atoms with E-state index >= 15 is 0 Å². The highest BCUT2D eigenvalue weighted by atomic mass is 16.4. The Bertz CT molecular complexity index is 1110. The van der Waals surface area contributed by atoms with Gasteiger partial charge >= 0.3 is 0 Å². The first-order valence-corrected chi connectivity index (χ1v) is 11.1. The molecule has 1 unspecified atom stereocenters.